The molecule has 1 fully saturated rings. The predicted octanol–water partition coefficient (Wildman–Crippen LogP) is 2.35. The molecule has 2 heterocycles. The number of nitrogens with zero attached hydrogens (tertiary/aromatic N) is 1. The topological polar surface area (TPSA) is 67.2 Å². The number of rotatable bonds is 4. The number of carbonyl (C=O) groups excluding carboxylic acids is 1. The van der Waals surface area contributed by atoms with Gasteiger partial charge in [-0.15, -0.1) is 0 Å². The second-order valence-electron chi connectivity index (χ2n) is 5.51. The van der Waals surface area contributed by atoms with E-state index in [9.17, 15) is 13.6 Å². The van der Waals surface area contributed by atoms with Crippen LogP contribution >= 0.6 is 0 Å². The standard InChI is InChI=1S/C16H17F2N3O2/c17-12-1-2-13(18)11(7-12)8-20-15(22)14-9-23-16(21-14)10-3-5-19-6-4-10/h1-2,7,9-10,19H,3-6,8H2,(H,20,22). The zero-order chi connectivity index (χ0) is 16.2. The molecule has 1 amide bonds. The van der Waals surface area contributed by atoms with Crippen LogP contribution < -0.4 is 10.6 Å². The van der Waals surface area contributed by atoms with Gasteiger partial charge in [-0.25, -0.2) is 13.8 Å². The minimum atomic E-state index is -0.567. The lowest BCUT2D eigenvalue weighted by molar-refractivity contribution is 0.0945. The first-order valence-electron chi connectivity index (χ1n) is 7.52. The van der Waals surface area contributed by atoms with E-state index in [1.807, 2.05) is 0 Å². The third-order valence-electron chi connectivity index (χ3n) is 3.89. The smallest absolute Gasteiger partial charge is 0.273 e. The fourth-order valence-corrected chi connectivity index (χ4v) is 2.59. The Kier molecular flexibility index (Phi) is 4.66. The molecule has 0 radical (unpaired) electrons. The second-order valence-corrected chi connectivity index (χ2v) is 5.51. The lowest BCUT2D eigenvalue weighted by atomic mass is 9.98. The van der Waals surface area contributed by atoms with Gasteiger partial charge in [-0.1, -0.05) is 0 Å². The number of hydrogen-bond acceptors (Lipinski definition) is 4. The number of hydrogen-bond donors (Lipinski definition) is 2. The molecular weight excluding hydrogens is 304 g/mol. The summed E-state index contributed by atoms with van der Waals surface area (Å²) < 4.78 is 32.0. The van der Waals surface area contributed by atoms with Crippen LogP contribution in [0.2, 0.25) is 0 Å². The first-order valence-corrected chi connectivity index (χ1v) is 7.52. The van der Waals surface area contributed by atoms with Gasteiger partial charge in [-0.05, 0) is 44.1 Å². The van der Waals surface area contributed by atoms with Crippen LogP contribution in [0.15, 0.2) is 28.9 Å². The fourth-order valence-electron chi connectivity index (χ4n) is 2.59. The minimum absolute atomic E-state index is 0.0837. The van der Waals surface area contributed by atoms with Crippen molar-refractivity contribution in [2.75, 3.05) is 13.1 Å². The second kappa shape index (κ2) is 6.87. The molecule has 0 saturated carbocycles. The Morgan fingerprint density at radius 2 is 2.13 bits per heavy atom. The van der Waals surface area contributed by atoms with E-state index >= 15 is 0 Å². The zero-order valence-corrected chi connectivity index (χ0v) is 12.4. The summed E-state index contributed by atoms with van der Waals surface area (Å²) >= 11 is 0. The minimum Gasteiger partial charge on any atom is -0.448 e. The molecular formula is C16H17F2N3O2. The van der Waals surface area contributed by atoms with Crippen molar-refractivity contribution < 1.29 is 18.0 Å². The van der Waals surface area contributed by atoms with Gasteiger partial charge < -0.3 is 15.1 Å². The molecule has 0 spiro atoms. The molecule has 0 atom stereocenters. The van der Waals surface area contributed by atoms with Crippen molar-refractivity contribution in [3.63, 3.8) is 0 Å². The molecule has 1 aromatic carbocycles. The summed E-state index contributed by atoms with van der Waals surface area (Å²) in [4.78, 5) is 16.3. The maximum atomic E-state index is 13.5. The summed E-state index contributed by atoms with van der Waals surface area (Å²) in [5.74, 6) is -0.836. The molecule has 23 heavy (non-hydrogen) atoms. The van der Waals surface area contributed by atoms with E-state index in [0.29, 0.717) is 5.89 Å². The average molecular weight is 321 g/mol. The van der Waals surface area contributed by atoms with Crippen molar-refractivity contribution in [2.45, 2.75) is 25.3 Å². The molecule has 5 nitrogen and oxygen atoms in total. The molecule has 1 aliphatic heterocycles. The third kappa shape index (κ3) is 3.73. The highest BCUT2D eigenvalue weighted by atomic mass is 19.1. The number of carbonyl (C=O) groups is 1. The van der Waals surface area contributed by atoms with E-state index in [-0.39, 0.29) is 23.7 Å². The molecule has 1 aliphatic rings. The molecule has 0 unspecified atom stereocenters. The van der Waals surface area contributed by atoms with Gasteiger partial charge in [0.05, 0.1) is 0 Å². The van der Waals surface area contributed by atoms with Crippen LogP contribution in [0.25, 0.3) is 0 Å². The number of benzene rings is 1. The molecule has 0 aliphatic carbocycles. The van der Waals surface area contributed by atoms with Crippen LogP contribution in [0.4, 0.5) is 8.78 Å². The molecule has 1 saturated heterocycles. The molecule has 2 N–H and O–H groups in total. The highest BCUT2D eigenvalue weighted by Crippen LogP contribution is 2.24. The molecule has 2 aromatic rings. The van der Waals surface area contributed by atoms with Crippen molar-refractivity contribution in [3.05, 3.63) is 53.2 Å². The van der Waals surface area contributed by atoms with Crippen LogP contribution in [-0.2, 0) is 6.54 Å². The lowest BCUT2D eigenvalue weighted by Gasteiger charge is -2.19. The van der Waals surface area contributed by atoms with Crippen molar-refractivity contribution in [2.24, 2.45) is 0 Å². The molecule has 3 rings (SSSR count). The van der Waals surface area contributed by atoms with Crippen molar-refractivity contribution in [1.82, 2.24) is 15.6 Å². The Morgan fingerprint density at radius 3 is 2.91 bits per heavy atom. The van der Waals surface area contributed by atoms with Gasteiger partial charge in [0, 0.05) is 18.0 Å². The maximum Gasteiger partial charge on any atom is 0.273 e. The Labute approximate surface area is 132 Å². The highest BCUT2D eigenvalue weighted by Gasteiger charge is 2.22. The van der Waals surface area contributed by atoms with Crippen molar-refractivity contribution in [1.29, 1.82) is 0 Å². The number of nitrogens with one attached hydrogen (secondary N) is 2. The fraction of sp³-hybridized carbons (Fsp3) is 0.375. The number of amides is 1. The summed E-state index contributed by atoms with van der Waals surface area (Å²) in [5, 5.41) is 5.77. The highest BCUT2D eigenvalue weighted by molar-refractivity contribution is 5.91. The largest absolute Gasteiger partial charge is 0.448 e. The number of piperidine rings is 1. The SMILES string of the molecule is O=C(NCc1cc(F)ccc1F)c1coc(C2CCNCC2)n1. The van der Waals surface area contributed by atoms with E-state index in [0.717, 1.165) is 44.1 Å². The van der Waals surface area contributed by atoms with Crippen LogP contribution in [0.3, 0.4) is 0 Å². The van der Waals surface area contributed by atoms with Gasteiger partial charge in [0.15, 0.2) is 11.6 Å². The number of halogens is 2. The Bertz CT molecular complexity index is 696. The summed E-state index contributed by atoms with van der Waals surface area (Å²) in [5.41, 5.74) is 0.232. The van der Waals surface area contributed by atoms with Crippen molar-refractivity contribution >= 4 is 5.91 Å². The Balaban J connectivity index is 1.62. The summed E-state index contributed by atoms with van der Waals surface area (Å²) in [6.45, 7) is 1.68. The van der Waals surface area contributed by atoms with E-state index in [4.69, 9.17) is 4.42 Å². The van der Waals surface area contributed by atoms with E-state index in [1.54, 1.807) is 0 Å². The van der Waals surface area contributed by atoms with Crippen LogP contribution in [0.1, 0.15) is 40.7 Å². The van der Waals surface area contributed by atoms with Gasteiger partial charge in [0.1, 0.15) is 17.9 Å². The third-order valence-corrected chi connectivity index (χ3v) is 3.89. The Morgan fingerprint density at radius 1 is 1.35 bits per heavy atom. The quantitative estimate of drug-likeness (QED) is 0.907. The van der Waals surface area contributed by atoms with Gasteiger partial charge in [-0.3, -0.25) is 4.79 Å². The van der Waals surface area contributed by atoms with Gasteiger partial charge >= 0.3 is 0 Å². The summed E-state index contributed by atoms with van der Waals surface area (Å²) in [6.07, 6.45) is 3.13. The van der Waals surface area contributed by atoms with Crippen LogP contribution in [0, 0.1) is 11.6 Å². The molecule has 122 valence electrons. The average Bonchev–Trinajstić information content (AvgIpc) is 3.06. The van der Waals surface area contributed by atoms with Gasteiger partial charge in [-0.2, -0.15) is 0 Å². The number of oxazole rings is 1. The summed E-state index contributed by atoms with van der Waals surface area (Å²) in [7, 11) is 0. The maximum absolute atomic E-state index is 13.5. The summed E-state index contributed by atoms with van der Waals surface area (Å²) in [6, 6.07) is 3.12. The van der Waals surface area contributed by atoms with Crippen LogP contribution in [0.5, 0.6) is 0 Å². The first kappa shape index (κ1) is 15.6. The van der Waals surface area contributed by atoms with Crippen molar-refractivity contribution in [3.8, 4) is 0 Å². The number of aromatic nitrogens is 1. The lowest BCUT2D eigenvalue weighted by Crippen LogP contribution is -2.27. The monoisotopic (exact) mass is 321 g/mol. The molecule has 0 bridgehead atoms. The van der Waals surface area contributed by atoms with E-state index < -0.39 is 17.5 Å². The van der Waals surface area contributed by atoms with E-state index in [2.05, 4.69) is 15.6 Å². The zero-order valence-electron chi connectivity index (χ0n) is 12.4. The predicted molar refractivity (Wildman–Crippen MR) is 78.9 cm³/mol. The first-order chi connectivity index (χ1) is 11.1. The molecule has 7 heteroatoms. The van der Waals surface area contributed by atoms with Crippen LogP contribution in [-0.4, -0.2) is 24.0 Å². The van der Waals surface area contributed by atoms with Gasteiger partial charge in [0.2, 0.25) is 0 Å². The van der Waals surface area contributed by atoms with Gasteiger partial charge in [0.25, 0.3) is 5.91 Å². The van der Waals surface area contributed by atoms with E-state index in [1.165, 1.54) is 6.26 Å². The molecule has 1 aromatic heterocycles. The Hall–Kier alpha value is -2.28. The normalized spacial score (nSPS) is 15.6.